The minimum atomic E-state index is 0.0997. The lowest BCUT2D eigenvalue weighted by Gasteiger charge is -2.29. The number of hydrogen-bond donors (Lipinski definition) is 1. The molecule has 0 unspecified atom stereocenters. The topological polar surface area (TPSA) is 15.3 Å². The van der Waals surface area contributed by atoms with Crippen LogP contribution in [-0.4, -0.2) is 18.6 Å². The molecule has 0 bridgehead atoms. The average molecular weight is 309 g/mol. The van der Waals surface area contributed by atoms with Gasteiger partial charge in [-0.15, -0.1) is 0 Å². The van der Waals surface area contributed by atoms with Crippen molar-refractivity contribution in [2.45, 2.75) is 59.0 Å². The van der Waals surface area contributed by atoms with Crippen LogP contribution in [0.5, 0.6) is 0 Å². The van der Waals surface area contributed by atoms with Crippen molar-refractivity contribution in [3.63, 3.8) is 0 Å². The summed E-state index contributed by atoms with van der Waals surface area (Å²) in [4.78, 5) is 2.53. The highest BCUT2D eigenvalue weighted by Crippen LogP contribution is 2.34. The van der Waals surface area contributed by atoms with E-state index in [2.05, 4.69) is 50.0 Å². The molecule has 1 aliphatic rings. The van der Waals surface area contributed by atoms with Crippen molar-refractivity contribution in [2.75, 3.05) is 18.0 Å². The Morgan fingerprint density at radius 3 is 2.57 bits per heavy atom. The smallest absolute Gasteiger partial charge is 0.0471 e. The molecule has 0 aliphatic heterocycles. The summed E-state index contributed by atoms with van der Waals surface area (Å²) < 4.78 is 0. The van der Waals surface area contributed by atoms with Crippen LogP contribution in [0.4, 0.5) is 5.69 Å². The Bertz CT molecular complexity index is 461. The number of rotatable bonds is 7. The third kappa shape index (κ3) is 5.19. The molecule has 1 N–H and O–H groups in total. The Hall–Kier alpha value is -0.730. The Kier molecular flexibility index (Phi) is 5.56. The minimum Gasteiger partial charge on any atom is -0.371 e. The minimum absolute atomic E-state index is 0.0997. The van der Waals surface area contributed by atoms with Gasteiger partial charge >= 0.3 is 0 Å². The molecule has 0 aromatic heterocycles. The molecule has 0 amide bonds. The van der Waals surface area contributed by atoms with Gasteiger partial charge in [0.05, 0.1) is 0 Å². The molecule has 0 atom stereocenters. The fraction of sp³-hybridized carbons (Fsp3) is 0.667. The van der Waals surface area contributed by atoms with E-state index in [1.54, 1.807) is 0 Å². The Labute approximate surface area is 134 Å². The van der Waals surface area contributed by atoms with Crippen molar-refractivity contribution < 1.29 is 0 Å². The quantitative estimate of drug-likeness (QED) is 0.774. The Morgan fingerprint density at radius 1 is 1.29 bits per heavy atom. The molecule has 0 saturated heterocycles. The third-order valence-corrected chi connectivity index (χ3v) is 4.25. The molecule has 2 rings (SSSR count). The molecule has 1 fully saturated rings. The summed E-state index contributed by atoms with van der Waals surface area (Å²) in [5, 5.41) is 4.45. The highest BCUT2D eigenvalue weighted by Gasteiger charge is 2.25. The van der Waals surface area contributed by atoms with Crippen molar-refractivity contribution >= 4 is 17.3 Å². The maximum Gasteiger partial charge on any atom is 0.0471 e. The number of anilines is 1. The maximum atomic E-state index is 6.49. The second kappa shape index (κ2) is 7.02. The van der Waals surface area contributed by atoms with Crippen molar-refractivity contribution in [3.05, 3.63) is 28.8 Å². The van der Waals surface area contributed by atoms with E-state index < -0.39 is 0 Å². The molecule has 1 saturated carbocycles. The normalized spacial score (nSPS) is 15.3. The van der Waals surface area contributed by atoms with E-state index in [1.807, 2.05) is 6.07 Å². The second-order valence-electron chi connectivity index (χ2n) is 7.23. The summed E-state index contributed by atoms with van der Waals surface area (Å²) in [5.41, 5.74) is 2.65. The number of nitrogens with zero attached hydrogens (tertiary/aromatic N) is 1. The fourth-order valence-corrected chi connectivity index (χ4v) is 2.80. The zero-order chi connectivity index (χ0) is 15.5. The molecule has 1 aliphatic carbocycles. The molecule has 0 radical (unpaired) electrons. The molecule has 21 heavy (non-hydrogen) atoms. The van der Waals surface area contributed by atoms with Crippen molar-refractivity contribution in [3.8, 4) is 0 Å². The Morgan fingerprint density at radius 2 is 2.00 bits per heavy atom. The van der Waals surface area contributed by atoms with Crippen LogP contribution in [0.15, 0.2) is 18.2 Å². The van der Waals surface area contributed by atoms with Crippen LogP contribution >= 0.6 is 11.6 Å². The standard InChI is InChI=1S/C18H29ClN2/c1-5-11-21(13-14-9-10-14)17-8-6-7-16(19)15(17)12-20-18(2,3)4/h6-8,14,20H,5,9-13H2,1-4H3. The van der Waals surface area contributed by atoms with Gasteiger partial charge in [0.2, 0.25) is 0 Å². The van der Waals surface area contributed by atoms with Crippen LogP contribution in [0.3, 0.4) is 0 Å². The lowest BCUT2D eigenvalue weighted by atomic mass is 10.1. The van der Waals surface area contributed by atoms with Gasteiger partial charge < -0.3 is 10.2 Å². The summed E-state index contributed by atoms with van der Waals surface area (Å²) in [5.74, 6) is 0.888. The first kappa shape index (κ1) is 16.6. The van der Waals surface area contributed by atoms with E-state index in [0.717, 1.165) is 24.0 Å². The summed E-state index contributed by atoms with van der Waals surface area (Å²) in [6.07, 6.45) is 3.94. The van der Waals surface area contributed by atoms with Gasteiger partial charge in [-0.3, -0.25) is 0 Å². The first-order chi connectivity index (χ1) is 9.90. The first-order valence-electron chi connectivity index (χ1n) is 8.18. The van der Waals surface area contributed by atoms with Gasteiger partial charge in [-0.1, -0.05) is 24.6 Å². The van der Waals surface area contributed by atoms with Gasteiger partial charge in [-0.25, -0.2) is 0 Å². The SMILES string of the molecule is CCCN(CC1CC1)c1cccc(Cl)c1CNC(C)(C)C. The molecule has 0 spiro atoms. The lowest BCUT2D eigenvalue weighted by molar-refractivity contribution is 0.424. The summed E-state index contributed by atoms with van der Waals surface area (Å²) in [6.45, 7) is 11.9. The highest BCUT2D eigenvalue weighted by molar-refractivity contribution is 6.31. The fourth-order valence-electron chi connectivity index (χ4n) is 2.56. The number of benzene rings is 1. The van der Waals surface area contributed by atoms with E-state index in [1.165, 1.54) is 37.1 Å². The summed E-state index contributed by atoms with van der Waals surface area (Å²) in [7, 11) is 0. The van der Waals surface area contributed by atoms with E-state index in [-0.39, 0.29) is 5.54 Å². The predicted molar refractivity (Wildman–Crippen MR) is 93.3 cm³/mol. The largest absolute Gasteiger partial charge is 0.371 e. The van der Waals surface area contributed by atoms with Gasteiger partial charge in [-0.05, 0) is 58.1 Å². The summed E-state index contributed by atoms with van der Waals surface area (Å²) >= 11 is 6.49. The molecule has 0 heterocycles. The van der Waals surface area contributed by atoms with Gasteiger partial charge in [0.1, 0.15) is 0 Å². The molecule has 2 nitrogen and oxygen atoms in total. The highest BCUT2D eigenvalue weighted by atomic mass is 35.5. The van der Waals surface area contributed by atoms with Crippen molar-refractivity contribution in [1.82, 2.24) is 5.32 Å². The molecule has 118 valence electrons. The monoisotopic (exact) mass is 308 g/mol. The van der Waals surface area contributed by atoms with Crippen LogP contribution in [0.2, 0.25) is 5.02 Å². The second-order valence-corrected chi connectivity index (χ2v) is 7.64. The lowest BCUT2D eigenvalue weighted by Crippen LogP contribution is -2.36. The predicted octanol–water partition coefficient (Wildman–Crippen LogP) is 4.85. The van der Waals surface area contributed by atoms with Crippen molar-refractivity contribution in [2.24, 2.45) is 5.92 Å². The first-order valence-corrected chi connectivity index (χ1v) is 8.56. The van der Waals surface area contributed by atoms with Gasteiger partial charge in [-0.2, -0.15) is 0 Å². The van der Waals surface area contributed by atoms with Gasteiger partial charge in [0.15, 0.2) is 0 Å². The molecule has 1 aromatic carbocycles. The number of hydrogen-bond acceptors (Lipinski definition) is 2. The average Bonchev–Trinajstić information content (AvgIpc) is 3.19. The van der Waals surface area contributed by atoms with Crippen LogP contribution in [0.25, 0.3) is 0 Å². The molecular weight excluding hydrogens is 280 g/mol. The number of halogens is 1. The van der Waals surface area contributed by atoms with E-state index in [4.69, 9.17) is 11.6 Å². The van der Waals surface area contributed by atoms with Crippen LogP contribution < -0.4 is 10.2 Å². The van der Waals surface area contributed by atoms with Crippen molar-refractivity contribution in [1.29, 1.82) is 0 Å². The van der Waals surface area contributed by atoms with E-state index >= 15 is 0 Å². The van der Waals surface area contributed by atoms with Crippen LogP contribution in [-0.2, 0) is 6.54 Å². The maximum absolute atomic E-state index is 6.49. The van der Waals surface area contributed by atoms with E-state index in [9.17, 15) is 0 Å². The van der Waals surface area contributed by atoms with Gasteiger partial charge in [0.25, 0.3) is 0 Å². The van der Waals surface area contributed by atoms with E-state index in [0.29, 0.717) is 0 Å². The third-order valence-electron chi connectivity index (χ3n) is 3.90. The number of nitrogens with one attached hydrogen (secondary N) is 1. The zero-order valence-corrected chi connectivity index (χ0v) is 14.6. The molecular formula is C18H29ClN2. The molecule has 1 aromatic rings. The Balaban J connectivity index is 2.20. The van der Waals surface area contributed by atoms with Crippen LogP contribution in [0, 0.1) is 5.92 Å². The van der Waals surface area contributed by atoms with Crippen LogP contribution in [0.1, 0.15) is 52.5 Å². The zero-order valence-electron chi connectivity index (χ0n) is 13.9. The summed E-state index contributed by atoms with van der Waals surface area (Å²) in [6, 6.07) is 6.31. The van der Waals surface area contributed by atoms with Gasteiger partial charge in [0, 0.05) is 41.4 Å². The molecule has 3 heteroatoms.